The Balaban J connectivity index is 1.24. The Bertz CT molecular complexity index is 1730. The smallest absolute Gasteiger partial charge is 0.335 e. The first-order valence-corrected chi connectivity index (χ1v) is 19.5. The van der Waals surface area contributed by atoms with Crippen LogP contribution in [0.2, 0.25) is 0 Å². The third-order valence-corrected chi connectivity index (χ3v) is 11.6. The van der Waals surface area contributed by atoms with Gasteiger partial charge in [0.15, 0.2) is 0 Å². The number of amides is 3. The molecule has 1 heterocycles. The zero-order valence-electron chi connectivity index (χ0n) is 29.1. The molecule has 1 aliphatic heterocycles. The minimum Gasteiger partial charge on any atom is -0.335 e. The van der Waals surface area contributed by atoms with E-state index >= 15 is 0 Å². The molecule has 0 radical (unpaired) electrons. The second kappa shape index (κ2) is 17.3. The largest absolute Gasteiger partial charge is 0.471 e. The Morgan fingerprint density at radius 2 is 1.15 bits per heavy atom. The zero-order valence-corrected chi connectivity index (χ0v) is 30.0. The molecule has 1 N–H and O–H groups in total. The summed E-state index contributed by atoms with van der Waals surface area (Å²) in [5, 5.41) is 3.61. The van der Waals surface area contributed by atoms with Crippen LogP contribution in [-0.4, -0.2) is 72.4 Å². The van der Waals surface area contributed by atoms with Gasteiger partial charge in [-0.05, 0) is 61.4 Å². The number of imide groups is 1. The van der Waals surface area contributed by atoms with E-state index in [1.54, 1.807) is 31.2 Å². The van der Waals surface area contributed by atoms with Crippen LogP contribution in [0.3, 0.4) is 0 Å². The molecule has 0 bridgehead atoms. The summed E-state index contributed by atoms with van der Waals surface area (Å²) in [6.07, 6.45) is -4.19. The molecule has 1 unspecified atom stereocenters. The van der Waals surface area contributed by atoms with Gasteiger partial charge in [-0.25, -0.2) is 0 Å². The predicted octanol–water partition coefficient (Wildman–Crippen LogP) is 8.09. The van der Waals surface area contributed by atoms with Crippen LogP contribution in [0.1, 0.15) is 70.0 Å². The average molecular weight is 734 g/mol. The number of nitrogens with zero attached hydrogens (tertiary/aromatic N) is 2. The van der Waals surface area contributed by atoms with Gasteiger partial charge in [0.05, 0.1) is 29.6 Å². The van der Waals surface area contributed by atoms with Crippen molar-refractivity contribution in [3.63, 3.8) is 0 Å². The Morgan fingerprint density at radius 3 is 1.60 bits per heavy atom. The number of halogens is 3. The van der Waals surface area contributed by atoms with Crippen molar-refractivity contribution >= 4 is 25.1 Å². The molecule has 12 heteroatoms. The molecule has 3 amide bonds. The lowest BCUT2D eigenvalue weighted by Gasteiger charge is -2.38. The van der Waals surface area contributed by atoms with Crippen molar-refractivity contribution in [2.45, 2.75) is 44.3 Å². The van der Waals surface area contributed by atoms with Gasteiger partial charge in [0.25, 0.3) is 11.8 Å². The maximum Gasteiger partial charge on any atom is 0.471 e. The lowest BCUT2D eigenvalue weighted by molar-refractivity contribution is -0.185. The fraction of sp³-hybridized carbons (Fsp3) is 0.325. The molecule has 4 aromatic carbocycles. The number of fused-ring (bicyclic) bond motifs is 1. The Kier molecular flexibility index (Phi) is 12.9. The van der Waals surface area contributed by atoms with Crippen LogP contribution in [0, 0.1) is 0 Å². The number of carbonyl (C=O) groups is 3. The van der Waals surface area contributed by atoms with Gasteiger partial charge in [-0.3, -0.25) is 29.2 Å². The van der Waals surface area contributed by atoms with E-state index in [-0.39, 0.29) is 64.4 Å². The molecule has 4 aromatic rings. The van der Waals surface area contributed by atoms with Gasteiger partial charge in [-0.1, -0.05) is 103 Å². The lowest BCUT2D eigenvalue weighted by atomic mass is 9.77. The number of alkyl halides is 3. The number of hydrogen-bond acceptors (Lipinski definition) is 6. The molecule has 0 aliphatic carbocycles. The number of rotatable bonds is 18. The van der Waals surface area contributed by atoms with E-state index in [4.69, 9.17) is 4.52 Å². The van der Waals surface area contributed by atoms with Gasteiger partial charge < -0.3 is 9.42 Å². The molecule has 5 rings (SSSR count). The van der Waals surface area contributed by atoms with E-state index in [0.717, 1.165) is 26.5 Å². The Morgan fingerprint density at radius 1 is 0.712 bits per heavy atom. The Hall–Kier alpha value is -4.57. The van der Waals surface area contributed by atoms with Gasteiger partial charge >= 0.3 is 12.1 Å². The summed E-state index contributed by atoms with van der Waals surface area (Å²) in [6.45, 7) is 1.55. The first kappa shape index (κ1) is 38.7. The fourth-order valence-electron chi connectivity index (χ4n) is 6.70. The summed E-state index contributed by atoms with van der Waals surface area (Å²) in [6, 6.07) is 35.9. The standard InChI is InChI=1S/C40H43F3N3O5P/c1-2-51-52(50,30-44-39(31-18-6-3-7-19-31,32-20-8-4-9-21-32)33-22-10-5-11-23-33)29-17-16-27-45(38(49)40(41,42)43)26-14-15-28-46-36(47)34-24-12-13-25-35(34)37(46)48/h3-13,18-25,44H,2,14-17,26-30H2,1H3. The topological polar surface area (TPSA) is 96.0 Å². The number of nitrogens with one attached hydrogen (secondary N) is 1. The molecule has 0 aromatic heterocycles. The highest BCUT2D eigenvalue weighted by Gasteiger charge is 2.43. The van der Waals surface area contributed by atoms with Crippen molar-refractivity contribution < 1.29 is 36.6 Å². The molecule has 0 saturated heterocycles. The highest BCUT2D eigenvalue weighted by Crippen LogP contribution is 2.49. The van der Waals surface area contributed by atoms with Crippen LogP contribution in [0.25, 0.3) is 0 Å². The van der Waals surface area contributed by atoms with E-state index in [2.05, 4.69) is 5.32 Å². The van der Waals surface area contributed by atoms with Gasteiger partial charge in [0, 0.05) is 25.8 Å². The van der Waals surface area contributed by atoms with E-state index in [9.17, 15) is 32.1 Å². The van der Waals surface area contributed by atoms with Gasteiger partial charge in [0.1, 0.15) is 0 Å². The molecule has 8 nitrogen and oxygen atoms in total. The predicted molar refractivity (Wildman–Crippen MR) is 194 cm³/mol. The van der Waals surface area contributed by atoms with Crippen molar-refractivity contribution in [2.75, 3.05) is 38.7 Å². The summed E-state index contributed by atoms with van der Waals surface area (Å²) in [7, 11) is -3.37. The first-order chi connectivity index (χ1) is 25.0. The van der Waals surface area contributed by atoms with E-state index in [1.165, 1.54) is 0 Å². The number of carbonyl (C=O) groups excluding carboxylic acids is 3. The van der Waals surface area contributed by atoms with Crippen LogP contribution in [0.15, 0.2) is 115 Å². The average Bonchev–Trinajstić information content (AvgIpc) is 3.40. The van der Waals surface area contributed by atoms with E-state index in [0.29, 0.717) is 11.1 Å². The van der Waals surface area contributed by atoms with Gasteiger partial charge in [0.2, 0.25) is 7.37 Å². The summed E-state index contributed by atoms with van der Waals surface area (Å²) in [5.41, 5.74) is 2.50. The monoisotopic (exact) mass is 733 g/mol. The third kappa shape index (κ3) is 8.89. The molecule has 1 atom stereocenters. The highest BCUT2D eigenvalue weighted by atomic mass is 31.2. The minimum atomic E-state index is -5.07. The molecule has 0 saturated carbocycles. The molecular weight excluding hydrogens is 690 g/mol. The van der Waals surface area contributed by atoms with Crippen molar-refractivity contribution in [3.8, 4) is 0 Å². The molecule has 0 spiro atoms. The second-order valence-corrected chi connectivity index (χ2v) is 15.3. The molecular formula is C40H43F3N3O5P. The van der Waals surface area contributed by atoms with Gasteiger partial charge in [-0.15, -0.1) is 0 Å². The van der Waals surface area contributed by atoms with Gasteiger partial charge in [-0.2, -0.15) is 13.2 Å². The number of hydrogen-bond donors (Lipinski definition) is 1. The van der Waals surface area contributed by atoms with Crippen LogP contribution in [0.5, 0.6) is 0 Å². The summed E-state index contributed by atoms with van der Waals surface area (Å²) >= 11 is 0. The highest BCUT2D eigenvalue weighted by molar-refractivity contribution is 7.58. The normalized spacial score (nSPS) is 14.3. The summed E-state index contributed by atoms with van der Waals surface area (Å²) in [5.74, 6) is -2.84. The SMILES string of the molecule is CCOP(=O)(CCCCN(CCCCN1C(=O)c2ccccc2C1=O)C(=O)C(F)(F)F)CNC(c1ccccc1)(c1ccccc1)c1ccccc1. The maximum atomic E-state index is 14.4. The van der Waals surface area contributed by atoms with Crippen LogP contribution < -0.4 is 5.32 Å². The fourth-order valence-corrected chi connectivity index (χ4v) is 8.73. The van der Waals surface area contributed by atoms with Crippen LogP contribution in [-0.2, 0) is 19.4 Å². The van der Waals surface area contributed by atoms with Crippen molar-refractivity contribution in [1.82, 2.24) is 15.1 Å². The summed E-state index contributed by atoms with van der Waals surface area (Å²) < 4.78 is 61.0. The molecule has 0 fully saturated rings. The molecule has 1 aliphatic rings. The number of benzene rings is 4. The quantitative estimate of drug-likeness (QED) is 0.0481. The first-order valence-electron chi connectivity index (χ1n) is 17.5. The van der Waals surface area contributed by atoms with E-state index < -0.39 is 36.8 Å². The second-order valence-electron chi connectivity index (χ2n) is 12.7. The lowest BCUT2D eigenvalue weighted by Crippen LogP contribution is -2.45. The Labute approximate surface area is 302 Å². The van der Waals surface area contributed by atoms with E-state index in [1.807, 2.05) is 91.0 Å². The maximum absolute atomic E-state index is 14.4. The molecule has 274 valence electrons. The van der Waals surface area contributed by atoms with Crippen molar-refractivity contribution in [3.05, 3.63) is 143 Å². The van der Waals surface area contributed by atoms with Crippen LogP contribution >= 0.6 is 7.37 Å². The zero-order chi connectivity index (χ0) is 37.2. The van der Waals surface area contributed by atoms with Crippen molar-refractivity contribution in [1.29, 1.82) is 0 Å². The summed E-state index contributed by atoms with van der Waals surface area (Å²) in [4.78, 5) is 39.5. The minimum absolute atomic E-state index is 0.0114. The third-order valence-electron chi connectivity index (χ3n) is 9.21. The van der Waals surface area contributed by atoms with Crippen molar-refractivity contribution in [2.24, 2.45) is 0 Å². The molecule has 52 heavy (non-hydrogen) atoms. The number of unbranched alkanes of at least 4 members (excludes halogenated alkanes) is 2. The van der Waals surface area contributed by atoms with Crippen LogP contribution in [0.4, 0.5) is 13.2 Å².